The van der Waals surface area contributed by atoms with Crippen LogP contribution in [0.1, 0.15) is 29.7 Å². The molecule has 2 aliphatic rings. The lowest BCUT2D eigenvalue weighted by Gasteiger charge is -2.28. The van der Waals surface area contributed by atoms with E-state index >= 15 is 0 Å². The van der Waals surface area contributed by atoms with Crippen LogP contribution < -0.4 is 0 Å². The molecule has 3 heterocycles. The molecule has 2 fully saturated rings. The molecule has 1 saturated carbocycles. The number of carbonyl (C=O) groups is 1. The van der Waals surface area contributed by atoms with Crippen LogP contribution >= 0.6 is 11.3 Å². The van der Waals surface area contributed by atoms with Gasteiger partial charge in [-0.25, -0.2) is 0 Å². The third-order valence-electron chi connectivity index (χ3n) is 5.68. The van der Waals surface area contributed by atoms with Gasteiger partial charge in [0.1, 0.15) is 0 Å². The first-order valence-corrected chi connectivity index (χ1v) is 9.90. The Balaban J connectivity index is 1.36. The lowest BCUT2D eigenvalue weighted by atomic mass is 9.81. The molecule has 1 aliphatic heterocycles. The number of thiophene rings is 1. The van der Waals surface area contributed by atoms with Crippen LogP contribution in [0.15, 0.2) is 42.0 Å². The topological polar surface area (TPSA) is 42.4 Å². The van der Waals surface area contributed by atoms with Gasteiger partial charge in [-0.05, 0) is 41.8 Å². The fourth-order valence-corrected chi connectivity index (χ4v) is 5.07. The second kappa shape index (κ2) is 7.26. The van der Waals surface area contributed by atoms with Crippen molar-refractivity contribution in [1.82, 2.24) is 9.88 Å². The summed E-state index contributed by atoms with van der Waals surface area (Å²) in [5.41, 5.74) is 1.27. The van der Waals surface area contributed by atoms with Gasteiger partial charge in [0.2, 0.25) is 5.91 Å². The van der Waals surface area contributed by atoms with E-state index in [0.717, 1.165) is 30.1 Å². The van der Waals surface area contributed by atoms with Crippen molar-refractivity contribution in [2.45, 2.75) is 32.3 Å². The third kappa shape index (κ3) is 3.62. The van der Waals surface area contributed by atoms with E-state index in [9.17, 15) is 4.79 Å². The largest absolute Gasteiger partial charge is 0.376 e. The number of ether oxygens (including phenoxy) is 1. The molecule has 0 aromatic carbocycles. The van der Waals surface area contributed by atoms with E-state index in [4.69, 9.17) is 4.74 Å². The van der Waals surface area contributed by atoms with Gasteiger partial charge in [-0.3, -0.25) is 9.78 Å². The normalized spacial score (nSPS) is 25.3. The standard InChI is InChI=1S/C20H24N2O2S/c23-19(10-18-6-3-9-25-18)22-12-17-5-1-7-20(17,14-22)15-24-13-16-4-2-8-21-11-16/h2-4,6,8-9,11,17H,1,5,7,10,12-15H2/t17-,20+/m1/s1. The van der Waals surface area contributed by atoms with Gasteiger partial charge in [-0.1, -0.05) is 18.6 Å². The van der Waals surface area contributed by atoms with E-state index in [2.05, 4.69) is 9.88 Å². The summed E-state index contributed by atoms with van der Waals surface area (Å²) in [6.07, 6.45) is 7.83. The monoisotopic (exact) mass is 356 g/mol. The molecule has 0 radical (unpaired) electrons. The minimum Gasteiger partial charge on any atom is -0.376 e. The molecule has 2 aromatic heterocycles. The van der Waals surface area contributed by atoms with Crippen molar-refractivity contribution in [1.29, 1.82) is 0 Å². The Labute approximate surface area is 152 Å². The Morgan fingerprint density at radius 3 is 3.16 bits per heavy atom. The average Bonchev–Trinajstić information content (AvgIpc) is 3.31. The van der Waals surface area contributed by atoms with Crippen molar-refractivity contribution in [3.05, 3.63) is 52.5 Å². The van der Waals surface area contributed by atoms with Crippen molar-refractivity contribution < 1.29 is 9.53 Å². The van der Waals surface area contributed by atoms with Crippen LogP contribution in [-0.2, 0) is 22.6 Å². The van der Waals surface area contributed by atoms with Gasteiger partial charge in [0.05, 0.1) is 19.6 Å². The molecule has 25 heavy (non-hydrogen) atoms. The zero-order chi connectivity index (χ0) is 17.1. The van der Waals surface area contributed by atoms with Crippen LogP contribution in [0.2, 0.25) is 0 Å². The molecule has 2 aromatic rings. The molecular weight excluding hydrogens is 332 g/mol. The fourth-order valence-electron chi connectivity index (χ4n) is 4.37. The predicted molar refractivity (Wildman–Crippen MR) is 98.3 cm³/mol. The van der Waals surface area contributed by atoms with Gasteiger partial charge < -0.3 is 9.64 Å². The average molecular weight is 356 g/mol. The lowest BCUT2D eigenvalue weighted by molar-refractivity contribution is -0.130. The molecule has 1 saturated heterocycles. The quantitative estimate of drug-likeness (QED) is 0.795. The number of hydrogen-bond acceptors (Lipinski definition) is 4. The lowest BCUT2D eigenvalue weighted by Crippen LogP contribution is -2.35. The maximum Gasteiger partial charge on any atom is 0.227 e. The summed E-state index contributed by atoms with van der Waals surface area (Å²) in [7, 11) is 0. The fraction of sp³-hybridized carbons (Fsp3) is 0.500. The molecule has 132 valence electrons. The van der Waals surface area contributed by atoms with Crippen LogP contribution in [0.3, 0.4) is 0 Å². The molecule has 4 rings (SSSR count). The van der Waals surface area contributed by atoms with E-state index < -0.39 is 0 Å². The number of aromatic nitrogens is 1. The molecule has 1 aliphatic carbocycles. The second-order valence-electron chi connectivity index (χ2n) is 7.34. The van der Waals surface area contributed by atoms with Crippen LogP contribution in [0.5, 0.6) is 0 Å². The summed E-state index contributed by atoms with van der Waals surface area (Å²) < 4.78 is 6.07. The summed E-state index contributed by atoms with van der Waals surface area (Å²) in [5.74, 6) is 0.858. The van der Waals surface area contributed by atoms with Crippen molar-refractivity contribution in [3.63, 3.8) is 0 Å². The van der Waals surface area contributed by atoms with Crippen LogP contribution in [0.4, 0.5) is 0 Å². The highest BCUT2D eigenvalue weighted by Crippen LogP contribution is 2.49. The number of pyridine rings is 1. The SMILES string of the molecule is O=C(Cc1cccs1)N1C[C@H]2CCC[C@@]2(COCc2cccnc2)C1. The number of fused-ring (bicyclic) bond motifs is 1. The summed E-state index contributed by atoms with van der Waals surface area (Å²) in [6.45, 7) is 3.11. The summed E-state index contributed by atoms with van der Waals surface area (Å²) in [5, 5.41) is 2.04. The molecule has 0 unspecified atom stereocenters. The van der Waals surface area contributed by atoms with Gasteiger partial charge in [0, 0.05) is 35.8 Å². The van der Waals surface area contributed by atoms with Crippen LogP contribution in [0, 0.1) is 11.3 Å². The maximum atomic E-state index is 12.7. The number of likely N-dealkylation sites (tertiary alicyclic amines) is 1. The summed E-state index contributed by atoms with van der Waals surface area (Å²) in [4.78, 5) is 20.0. The minimum atomic E-state index is 0.160. The van der Waals surface area contributed by atoms with Gasteiger partial charge in [0.15, 0.2) is 0 Å². The maximum absolute atomic E-state index is 12.7. The minimum absolute atomic E-state index is 0.160. The Kier molecular flexibility index (Phi) is 4.86. The second-order valence-corrected chi connectivity index (χ2v) is 8.37. The van der Waals surface area contributed by atoms with Crippen molar-refractivity contribution in [3.8, 4) is 0 Å². The predicted octanol–water partition coefficient (Wildman–Crippen LogP) is 3.53. The van der Waals surface area contributed by atoms with Gasteiger partial charge in [-0.15, -0.1) is 11.3 Å². The third-order valence-corrected chi connectivity index (χ3v) is 6.56. The first kappa shape index (κ1) is 16.7. The molecule has 1 amide bonds. The van der Waals surface area contributed by atoms with Crippen molar-refractivity contribution >= 4 is 17.2 Å². The van der Waals surface area contributed by atoms with Crippen LogP contribution in [0.25, 0.3) is 0 Å². The first-order valence-electron chi connectivity index (χ1n) is 9.02. The Bertz CT molecular complexity index is 704. The van der Waals surface area contributed by atoms with Crippen LogP contribution in [-0.4, -0.2) is 35.5 Å². The highest BCUT2D eigenvalue weighted by atomic mass is 32.1. The Morgan fingerprint density at radius 2 is 2.36 bits per heavy atom. The molecule has 5 heteroatoms. The van der Waals surface area contributed by atoms with E-state index in [0.29, 0.717) is 18.9 Å². The van der Waals surface area contributed by atoms with Gasteiger partial charge in [0.25, 0.3) is 0 Å². The Hall–Kier alpha value is -1.72. The number of nitrogens with zero attached hydrogens (tertiary/aromatic N) is 2. The summed E-state index contributed by atoms with van der Waals surface area (Å²) in [6, 6.07) is 8.05. The molecule has 0 N–H and O–H groups in total. The van der Waals surface area contributed by atoms with Gasteiger partial charge >= 0.3 is 0 Å². The highest BCUT2D eigenvalue weighted by molar-refractivity contribution is 7.10. The number of amides is 1. The highest BCUT2D eigenvalue weighted by Gasteiger charge is 2.50. The number of hydrogen-bond donors (Lipinski definition) is 0. The molecule has 0 spiro atoms. The van der Waals surface area contributed by atoms with Gasteiger partial charge in [-0.2, -0.15) is 0 Å². The zero-order valence-corrected chi connectivity index (χ0v) is 15.2. The molecule has 0 bridgehead atoms. The van der Waals surface area contributed by atoms with E-state index in [1.165, 1.54) is 19.3 Å². The van der Waals surface area contributed by atoms with Crippen molar-refractivity contribution in [2.24, 2.45) is 11.3 Å². The van der Waals surface area contributed by atoms with E-state index in [1.54, 1.807) is 17.5 Å². The smallest absolute Gasteiger partial charge is 0.227 e. The Morgan fingerprint density at radius 1 is 1.40 bits per heavy atom. The molecular formula is C20H24N2O2S. The molecule has 2 atom stereocenters. The number of rotatable bonds is 6. The zero-order valence-electron chi connectivity index (χ0n) is 14.4. The van der Waals surface area contributed by atoms with Crippen molar-refractivity contribution in [2.75, 3.05) is 19.7 Å². The molecule has 4 nitrogen and oxygen atoms in total. The van der Waals surface area contributed by atoms with E-state index in [1.807, 2.05) is 35.8 Å². The number of carbonyl (C=O) groups excluding carboxylic acids is 1. The van der Waals surface area contributed by atoms with E-state index in [-0.39, 0.29) is 11.3 Å². The first-order chi connectivity index (χ1) is 12.3. The summed E-state index contributed by atoms with van der Waals surface area (Å²) >= 11 is 1.66.